The lowest BCUT2D eigenvalue weighted by atomic mass is 10.0. The van der Waals surface area contributed by atoms with E-state index in [9.17, 15) is 4.79 Å². The van der Waals surface area contributed by atoms with E-state index in [0.29, 0.717) is 18.3 Å². The summed E-state index contributed by atoms with van der Waals surface area (Å²) < 4.78 is 10.9. The van der Waals surface area contributed by atoms with Crippen molar-refractivity contribution in [2.45, 2.75) is 12.8 Å². The van der Waals surface area contributed by atoms with Crippen molar-refractivity contribution in [3.8, 4) is 5.75 Å². The van der Waals surface area contributed by atoms with Crippen molar-refractivity contribution in [2.75, 3.05) is 19.8 Å². The van der Waals surface area contributed by atoms with E-state index in [2.05, 4.69) is 0 Å². The number of hydrogen-bond acceptors (Lipinski definition) is 3. The lowest BCUT2D eigenvalue weighted by Gasteiger charge is -2.22. The van der Waals surface area contributed by atoms with Gasteiger partial charge in [0.25, 0.3) is 0 Å². The second kappa shape index (κ2) is 6.07. The Hall–Kier alpha value is -1.26. The van der Waals surface area contributed by atoms with Crippen LogP contribution in [0.3, 0.4) is 0 Å². The van der Waals surface area contributed by atoms with Gasteiger partial charge in [-0.2, -0.15) is 0 Å². The number of carboxylic acid groups (broad SMARTS) is 1. The molecule has 0 radical (unpaired) electrons. The van der Waals surface area contributed by atoms with Gasteiger partial charge in [-0.3, -0.25) is 0 Å². The average molecular weight is 271 g/mol. The molecule has 1 saturated heterocycles. The second-order valence-corrected chi connectivity index (χ2v) is 4.72. The molecule has 1 heterocycles. The maximum Gasteiger partial charge on any atom is 0.337 e. The van der Waals surface area contributed by atoms with Crippen molar-refractivity contribution in [1.82, 2.24) is 0 Å². The van der Waals surface area contributed by atoms with Gasteiger partial charge in [-0.1, -0.05) is 11.6 Å². The summed E-state index contributed by atoms with van der Waals surface area (Å²) in [6.45, 7) is 2.19. The van der Waals surface area contributed by atoms with E-state index in [1.807, 2.05) is 0 Å². The third-order valence-corrected chi connectivity index (χ3v) is 3.31. The SMILES string of the molecule is O=C(O)c1ccc(OCC2CCOCC2)cc1Cl. The number of halogens is 1. The van der Waals surface area contributed by atoms with Gasteiger partial charge in [0.1, 0.15) is 5.75 Å². The first-order valence-corrected chi connectivity index (χ1v) is 6.28. The van der Waals surface area contributed by atoms with Gasteiger partial charge in [0, 0.05) is 13.2 Å². The molecule has 1 aromatic rings. The van der Waals surface area contributed by atoms with Crippen molar-refractivity contribution < 1.29 is 19.4 Å². The Morgan fingerprint density at radius 2 is 2.17 bits per heavy atom. The van der Waals surface area contributed by atoms with Crippen LogP contribution in [-0.2, 0) is 4.74 Å². The van der Waals surface area contributed by atoms with Crippen LogP contribution in [0, 0.1) is 5.92 Å². The summed E-state index contributed by atoms with van der Waals surface area (Å²) in [4.78, 5) is 10.8. The Morgan fingerprint density at radius 1 is 1.44 bits per heavy atom. The minimum atomic E-state index is -1.03. The third kappa shape index (κ3) is 3.37. The molecule has 4 nitrogen and oxygen atoms in total. The normalized spacial score (nSPS) is 16.5. The largest absolute Gasteiger partial charge is 0.493 e. The predicted molar refractivity (Wildman–Crippen MR) is 67.4 cm³/mol. The molecule has 1 aromatic carbocycles. The van der Waals surface area contributed by atoms with E-state index in [1.165, 1.54) is 6.07 Å². The number of carboxylic acids is 1. The second-order valence-electron chi connectivity index (χ2n) is 4.31. The van der Waals surface area contributed by atoms with Crippen LogP contribution < -0.4 is 4.74 Å². The Labute approximate surface area is 110 Å². The number of rotatable bonds is 4. The lowest BCUT2D eigenvalue weighted by Crippen LogP contribution is -2.21. The number of aromatic carboxylic acids is 1. The minimum Gasteiger partial charge on any atom is -0.493 e. The van der Waals surface area contributed by atoms with Crippen LogP contribution in [0.5, 0.6) is 5.75 Å². The number of carbonyl (C=O) groups is 1. The van der Waals surface area contributed by atoms with Gasteiger partial charge < -0.3 is 14.6 Å². The van der Waals surface area contributed by atoms with E-state index in [1.54, 1.807) is 12.1 Å². The van der Waals surface area contributed by atoms with Crippen molar-refractivity contribution in [3.63, 3.8) is 0 Å². The van der Waals surface area contributed by atoms with Gasteiger partial charge in [0.2, 0.25) is 0 Å². The van der Waals surface area contributed by atoms with Crippen molar-refractivity contribution in [3.05, 3.63) is 28.8 Å². The topological polar surface area (TPSA) is 55.8 Å². The number of benzene rings is 1. The quantitative estimate of drug-likeness (QED) is 0.914. The van der Waals surface area contributed by atoms with Crippen LogP contribution in [0.1, 0.15) is 23.2 Å². The zero-order valence-corrected chi connectivity index (χ0v) is 10.7. The number of hydrogen-bond donors (Lipinski definition) is 1. The third-order valence-electron chi connectivity index (χ3n) is 3.00. The Balaban J connectivity index is 1.93. The monoisotopic (exact) mass is 270 g/mol. The molecule has 2 rings (SSSR count). The van der Waals surface area contributed by atoms with E-state index in [4.69, 9.17) is 26.2 Å². The summed E-state index contributed by atoms with van der Waals surface area (Å²) in [5.74, 6) is 0.0733. The molecule has 0 unspecified atom stereocenters. The van der Waals surface area contributed by atoms with Crippen LogP contribution in [0.4, 0.5) is 0 Å². The Morgan fingerprint density at radius 3 is 2.78 bits per heavy atom. The molecule has 1 fully saturated rings. The van der Waals surface area contributed by atoms with Crippen molar-refractivity contribution in [1.29, 1.82) is 0 Å². The summed E-state index contributed by atoms with van der Waals surface area (Å²) in [6, 6.07) is 4.64. The highest BCUT2D eigenvalue weighted by atomic mass is 35.5. The maximum absolute atomic E-state index is 10.8. The Bertz CT molecular complexity index is 427. The summed E-state index contributed by atoms with van der Waals surface area (Å²) >= 11 is 5.87. The molecule has 0 atom stereocenters. The zero-order chi connectivity index (χ0) is 13.0. The molecule has 5 heteroatoms. The van der Waals surface area contributed by atoms with Gasteiger partial charge in [0.15, 0.2) is 0 Å². The minimum absolute atomic E-state index is 0.0927. The molecular formula is C13H15ClO4. The van der Waals surface area contributed by atoms with Crippen LogP contribution in [-0.4, -0.2) is 30.9 Å². The van der Waals surface area contributed by atoms with Crippen LogP contribution >= 0.6 is 11.6 Å². The van der Waals surface area contributed by atoms with E-state index < -0.39 is 5.97 Å². The zero-order valence-electron chi connectivity index (χ0n) is 9.89. The molecule has 1 N–H and O–H groups in total. The van der Waals surface area contributed by atoms with Crippen LogP contribution in [0.15, 0.2) is 18.2 Å². The lowest BCUT2D eigenvalue weighted by molar-refractivity contribution is 0.0497. The smallest absolute Gasteiger partial charge is 0.337 e. The first-order valence-electron chi connectivity index (χ1n) is 5.90. The van der Waals surface area contributed by atoms with Gasteiger partial charge in [-0.25, -0.2) is 4.79 Å². The summed E-state index contributed by atoms with van der Waals surface area (Å²) in [5.41, 5.74) is 0.0927. The fourth-order valence-electron chi connectivity index (χ4n) is 1.89. The van der Waals surface area contributed by atoms with Crippen molar-refractivity contribution >= 4 is 17.6 Å². The highest BCUT2D eigenvalue weighted by Crippen LogP contribution is 2.24. The molecule has 1 aliphatic heterocycles. The molecule has 0 amide bonds. The van der Waals surface area contributed by atoms with Gasteiger partial charge in [0.05, 0.1) is 17.2 Å². The highest BCUT2D eigenvalue weighted by molar-refractivity contribution is 6.33. The molecule has 0 spiro atoms. The molecular weight excluding hydrogens is 256 g/mol. The van der Waals surface area contributed by atoms with E-state index in [0.717, 1.165) is 26.1 Å². The average Bonchev–Trinajstić information content (AvgIpc) is 2.37. The van der Waals surface area contributed by atoms with Crippen LogP contribution in [0.25, 0.3) is 0 Å². The van der Waals surface area contributed by atoms with E-state index in [-0.39, 0.29) is 10.6 Å². The maximum atomic E-state index is 10.8. The van der Waals surface area contributed by atoms with Crippen LogP contribution in [0.2, 0.25) is 5.02 Å². The first-order chi connectivity index (χ1) is 8.66. The standard InChI is InChI=1S/C13H15ClO4/c14-12-7-10(1-2-11(12)13(15)16)18-8-9-3-5-17-6-4-9/h1-2,7,9H,3-6,8H2,(H,15,16). The fourth-order valence-corrected chi connectivity index (χ4v) is 2.14. The molecule has 98 valence electrons. The predicted octanol–water partition coefficient (Wildman–Crippen LogP) is 2.84. The van der Waals surface area contributed by atoms with Gasteiger partial charge in [-0.15, -0.1) is 0 Å². The Kier molecular flexibility index (Phi) is 4.44. The highest BCUT2D eigenvalue weighted by Gasteiger charge is 2.15. The summed E-state index contributed by atoms with van der Waals surface area (Å²) in [6.07, 6.45) is 2.00. The van der Waals surface area contributed by atoms with E-state index >= 15 is 0 Å². The van der Waals surface area contributed by atoms with Crippen molar-refractivity contribution in [2.24, 2.45) is 5.92 Å². The molecule has 0 saturated carbocycles. The van der Waals surface area contributed by atoms with Gasteiger partial charge in [-0.05, 0) is 37.0 Å². The first kappa shape index (κ1) is 13.2. The molecule has 1 aliphatic rings. The fraction of sp³-hybridized carbons (Fsp3) is 0.462. The molecule has 0 aliphatic carbocycles. The molecule has 0 bridgehead atoms. The summed E-state index contributed by atoms with van der Waals surface area (Å²) in [5, 5.41) is 9.05. The molecule has 18 heavy (non-hydrogen) atoms. The van der Waals surface area contributed by atoms with Gasteiger partial charge >= 0.3 is 5.97 Å². The summed E-state index contributed by atoms with van der Waals surface area (Å²) in [7, 11) is 0. The molecule has 0 aromatic heterocycles. The number of ether oxygens (including phenoxy) is 2.